The maximum absolute atomic E-state index is 11.0. The molecule has 1 amide bonds. The lowest BCUT2D eigenvalue weighted by molar-refractivity contribution is -0.111. The fourth-order valence-corrected chi connectivity index (χ4v) is 1.93. The first-order valence-electron chi connectivity index (χ1n) is 4.52. The molecule has 0 radical (unpaired) electrons. The highest BCUT2D eigenvalue weighted by Gasteiger charge is 2.07. The monoisotopic (exact) mass is 274 g/mol. The summed E-state index contributed by atoms with van der Waals surface area (Å²) < 4.78 is 24.3. The van der Waals surface area contributed by atoms with E-state index < -0.39 is 10.0 Å². The zero-order valence-corrected chi connectivity index (χ0v) is 10.6. The molecule has 0 atom stereocenters. The molecule has 0 heterocycles. The number of anilines is 2. The summed E-state index contributed by atoms with van der Waals surface area (Å²) in [6.45, 7) is 3.31. The lowest BCUT2D eigenvalue weighted by Gasteiger charge is -2.08. The number of carbonyl (C=O) groups excluding carboxylic acids is 1. The molecule has 0 aliphatic heterocycles. The first-order valence-corrected chi connectivity index (χ1v) is 6.79. The number of hydrogen-bond acceptors (Lipinski definition) is 3. The van der Waals surface area contributed by atoms with E-state index in [-0.39, 0.29) is 16.6 Å². The third kappa shape index (κ3) is 4.46. The zero-order chi connectivity index (χ0) is 13.1. The molecule has 1 aromatic rings. The molecule has 1 rings (SSSR count). The van der Waals surface area contributed by atoms with E-state index in [2.05, 4.69) is 16.6 Å². The Labute approximate surface area is 105 Å². The summed E-state index contributed by atoms with van der Waals surface area (Å²) in [6, 6.07) is 4.43. The normalized spacial score (nSPS) is 10.7. The van der Waals surface area contributed by atoms with Crippen LogP contribution in [-0.2, 0) is 14.8 Å². The van der Waals surface area contributed by atoms with Gasteiger partial charge in [-0.3, -0.25) is 9.52 Å². The SMILES string of the molecule is C=CC(=O)Nc1ccc(NS(C)(=O)=O)c(Cl)c1. The highest BCUT2D eigenvalue weighted by Crippen LogP contribution is 2.26. The van der Waals surface area contributed by atoms with Crippen molar-refractivity contribution in [3.05, 3.63) is 35.9 Å². The Hall–Kier alpha value is -1.53. The van der Waals surface area contributed by atoms with Gasteiger partial charge in [-0.05, 0) is 24.3 Å². The summed E-state index contributed by atoms with van der Waals surface area (Å²) in [7, 11) is -3.38. The number of sulfonamides is 1. The molecule has 0 bridgehead atoms. The largest absolute Gasteiger partial charge is 0.322 e. The smallest absolute Gasteiger partial charge is 0.247 e. The molecule has 92 valence electrons. The number of hydrogen-bond donors (Lipinski definition) is 2. The summed E-state index contributed by atoms with van der Waals surface area (Å²) >= 11 is 5.86. The van der Waals surface area contributed by atoms with Gasteiger partial charge in [0.25, 0.3) is 0 Å². The van der Waals surface area contributed by atoms with Crippen LogP contribution in [0.25, 0.3) is 0 Å². The first kappa shape index (κ1) is 13.5. The number of benzene rings is 1. The number of halogens is 1. The molecule has 0 saturated heterocycles. The minimum Gasteiger partial charge on any atom is -0.322 e. The summed E-state index contributed by atoms with van der Waals surface area (Å²) in [6.07, 6.45) is 2.15. The number of amides is 1. The van der Waals surface area contributed by atoms with Crippen molar-refractivity contribution in [3.63, 3.8) is 0 Å². The van der Waals surface area contributed by atoms with Gasteiger partial charge in [0, 0.05) is 5.69 Å². The zero-order valence-electron chi connectivity index (χ0n) is 9.03. The molecule has 5 nitrogen and oxygen atoms in total. The van der Waals surface area contributed by atoms with Gasteiger partial charge in [-0.25, -0.2) is 8.42 Å². The predicted molar refractivity (Wildman–Crippen MR) is 68.7 cm³/mol. The topological polar surface area (TPSA) is 75.3 Å². The Bertz CT molecular complexity index is 555. The van der Waals surface area contributed by atoms with Crippen LogP contribution in [0.3, 0.4) is 0 Å². The van der Waals surface area contributed by atoms with Crippen LogP contribution in [0.5, 0.6) is 0 Å². The van der Waals surface area contributed by atoms with E-state index in [1.807, 2.05) is 0 Å². The van der Waals surface area contributed by atoms with Crippen molar-refractivity contribution in [2.75, 3.05) is 16.3 Å². The number of rotatable bonds is 4. The Morgan fingerprint density at radius 3 is 2.59 bits per heavy atom. The summed E-state index contributed by atoms with van der Waals surface area (Å²) in [4.78, 5) is 11.0. The molecule has 0 aliphatic rings. The van der Waals surface area contributed by atoms with E-state index >= 15 is 0 Å². The first-order chi connectivity index (χ1) is 7.81. The van der Waals surface area contributed by atoms with E-state index in [1.165, 1.54) is 18.2 Å². The molecule has 0 saturated carbocycles. The fourth-order valence-electron chi connectivity index (χ4n) is 1.07. The standard InChI is InChI=1S/C10H11ClN2O3S/c1-3-10(14)12-7-4-5-9(8(11)6-7)13-17(2,15)16/h3-6,13H,1H2,2H3,(H,12,14). The number of nitrogens with one attached hydrogen (secondary N) is 2. The Kier molecular flexibility index (Phi) is 4.14. The van der Waals surface area contributed by atoms with E-state index in [0.29, 0.717) is 5.69 Å². The molecule has 0 unspecified atom stereocenters. The highest BCUT2D eigenvalue weighted by atomic mass is 35.5. The van der Waals surface area contributed by atoms with E-state index in [9.17, 15) is 13.2 Å². The van der Waals surface area contributed by atoms with E-state index in [4.69, 9.17) is 11.6 Å². The van der Waals surface area contributed by atoms with Crippen LogP contribution >= 0.6 is 11.6 Å². The second-order valence-electron chi connectivity index (χ2n) is 3.26. The average Bonchev–Trinajstić information content (AvgIpc) is 2.20. The fraction of sp³-hybridized carbons (Fsp3) is 0.100. The molecular weight excluding hydrogens is 264 g/mol. The van der Waals surface area contributed by atoms with Crippen molar-refractivity contribution >= 4 is 38.9 Å². The predicted octanol–water partition coefficient (Wildman–Crippen LogP) is 1.84. The molecule has 2 N–H and O–H groups in total. The maximum Gasteiger partial charge on any atom is 0.247 e. The Balaban J connectivity index is 2.94. The molecule has 7 heteroatoms. The maximum atomic E-state index is 11.0. The summed E-state index contributed by atoms with van der Waals surface area (Å²) in [5.41, 5.74) is 0.713. The van der Waals surface area contributed by atoms with Gasteiger partial charge in [-0.2, -0.15) is 0 Å². The second kappa shape index (κ2) is 5.20. The van der Waals surface area contributed by atoms with Gasteiger partial charge in [0.1, 0.15) is 0 Å². The van der Waals surface area contributed by atoms with Crippen LogP contribution in [0, 0.1) is 0 Å². The van der Waals surface area contributed by atoms with Crippen molar-refractivity contribution in [2.45, 2.75) is 0 Å². The Morgan fingerprint density at radius 2 is 2.12 bits per heavy atom. The van der Waals surface area contributed by atoms with E-state index in [1.54, 1.807) is 0 Å². The van der Waals surface area contributed by atoms with Crippen LogP contribution in [0.1, 0.15) is 0 Å². The van der Waals surface area contributed by atoms with Gasteiger partial charge >= 0.3 is 0 Å². The lowest BCUT2D eigenvalue weighted by Crippen LogP contribution is -2.11. The van der Waals surface area contributed by atoms with Gasteiger partial charge in [0.15, 0.2) is 0 Å². The van der Waals surface area contributed by atoms with Crippen LogP contribution in [0.4, 0.5) is 11.4 Å². The van der Waals surface area contributed by atoms with Crippen LogP contribution < -0.4 is 10.0 Å². The molecule has 0 spiro atoms. The van der Waals surface area contributed by atoms with Gasteiger partial charge in [-0.1, -0.05) is 18.2 Å². The van der Waals surface area contributed by atoms with Crippen LogP contribution in [0.15, 0.2) is 30.9 Å². The number of carbonyl (C=O) groups is 1. The van der Waals surface area contributed by atoms with Gasteiger partial charge in [-0.15, -0.1) is 0 Å². The van der Waals surface area contributed by atoms with Gasteiger partial charge in [0.2, 0.25) is 15.9 Å². The van der Waals surface area contributed by atoms with Crippen molar-refractivity contribution < 1.29 is 13.2 Å². The summed E-state index contributed by atoms with van der Waals surface area (Å²) in [5, 5.41) is 2.70. The van der Waals surface area contributed by atoms with Crippen LogP contribution in [-0.4, -0.2) is 20.6 Å². The third-order valence-electron chi connectivity index (χ3n) is 1.72. The van der Waals surface area contributed by atoms with Crippen LogP contribution in [0.2, 0.25) is 5.02 Å². The summed E-state index contributed by atoms with van der Waals surface area (Å²) in [5.74, 6) is -0.370. The molecule has 1 aromatic carbocycles. The minimum atomic E-state index is -3.38. The van der Waals surface area contributed by atoms with Gasteiger partial charge < -0.3 is 5.32 Å². The molecule has 17 heavy (non-hydrogen) atoms. The Morgan fingerprint density at radius 1 is 1.47 bits per heavy atom. The van der Waals surface area contributed by atoms with Gasteiger partial charge in [0.05, 0.1) is 17.0 Å². The quantitative estimate of drug-likeness (QED) is 0.823. The third-order valence-corrected chi connectivity index (χ3v) is 2.62. The lowest BCUT2D eigenvalue weighted by atomic mass is 10.3. The molecule has 0 aromatic heterocycles. The average molecular weight is 275 g/mol. The molecule has 0 fully saturated rings. The minimum absolute atomic E-state index is 0.192. The van der Waals surface area contributed by atoms with E-state index in [0.717, 1.165) is 12.3 Å². The van der Waals surface area contributed by atoms with Crippen molar-refractivity contribution in [3.8, 4) is 0 Å². The van der Waals surface area contributed by atoms with Crippen molar-refractivity contribution in [2.24, 2.45) is 0 Å². The van der Waals surface area contributed by atoms with Crippen molar-refractivity contribution in [1.29, 1.82) is 0 Å². The highest BCUT2D eigenvalue weighted by molar-refractivity contribution is 7.92. The molecule has 0 aliphatic carbocycles. The second-order valence-corrected chi connectivity index (χ2v) is 5.42. The molecular formula is C10H11ClN2O3S. The van der Waals surface area contributed by atoms with Crippen molar-refractivity contribution in [1.82, 2.24) is 0 Å².